The number of nitrogens with one attached hydrogen (secondary N) is 2. The fraction of sp³-hybridized carbons (Fsp3) is 0.312. The largest absolute Gasteiger partial charge is 0.481 e. The number of rotatable bonds is 8. The number of carboxylic acids is 1. The zero-order chi connectivity index (χ0) is 16.5. The van der Waals surface area contributed by atoms with Crippen molar-refractivity contribution in [3.63, 3.8) is 0 Å². The molecule has 122 valence electrons. The number of benzene rings is 1. The van der Waals surface area contributed by atoms with E-state index < -0.39 is 5.97 Å². The maximum Gasteiger partial charge on any atom is 0.315 e. The molecule has 0 radical (unpaired) electrons. The Bertz CT molecular complexity index is 623. The third-order valence-corrected chi connectivity index (χ3v) is 3.25. The Morgan fingerprint density at radius 3 is 2.52 bits per heavy atom. The molecule has 0 bridgehead atoms. The highest BCUT2D eigenvalue weighted by molar-refractivity contribution is 5.73. The molecule has 0 saturated carbocycles. The van der Waals surface area contributed by atoms with E-state index in [1.165, 1.54) is 0 Å². The molecule has 1 heterocycles. The number of imidazole rings is 1. The molecule has 3 N–H and O–H groups in total. The predicted octanol–water partition coefficient (Wildman–Crippen LogP) is 1.60. The van der Waals surface area contributed by atoms with Gasteiger partial charge < -0.3 is 20.3 Å². The molecule has 0 aliphatic carbocycles. The summed E-state index contributed by atoms with van der Waals surface area (Å²) in [5, 5.41) is 13.9. The molecule has 0 spiro atoms. The first-order chi connectivity index (χ1) is 11.1. The summed E-state index contributed by atoms with van der Waals surface area (Å²) in [4.78, 5) is 25.9. The van der Waals surface area contributed by atoms with Crippen molar-refractivity contribution < 1.29 is 14.7 Å². The summed E-state index contributed by atoms with van der Waals surface area (Å²) < 4.78 is 1.98. The van der Waals surface area contributed by atoms with E-state index in [1.807, 2.05) is 35.0 Å². The summed E-state index contributed by atoms with van der Waals surface area (Å²) in [7, 11) is 0. The van der Waals surface area contributed by atoms with Gasteiger partial charge in [-0.05, 0) is 17.5 Å². The average molecular weight is 316 g/mol. The van der Waals surface area contributed by atoms with Crippen LogP contribution in [0, 0.1) is 0 Å². The number of carboxylic acid groups (broad SMARTS) is 1. The standard InChI is InChI=1S/C16H20N4O3/c21-15(22)2-1-7-18-16(23)19-10-13-3-5-14(6-4-13)11-20-9-8-17-12-20/h3-6,8-9,12H,1-2,7,10-11H2,(H,21,22)(H2,18,19,23). The minimum absolute atomic E-state index is 0.0542. The van der Waals surface area contributed by atoms with Gasteiger partial charge in [-0.1, -0.05) is 24.3 Å². The topological polar surface area (TPSA) is 96.3 Å². The summed E-state index contributed by atoms with van der Waals surface area (Å²) in [6.07, 6.45) is 5.89. The molecule has 0 aliphatic heterocycles. The maximum atomic E-state index is 11.6. The highest BCUT2D eigenvalue weighted by atomic mass is 16.4. The van der Waals surface area contributed by atoms with Crippen LogP contribution in [-0.4, -0.2) is 33.2 Å². The van der Waals surface area contributed by atoms with Crippen molar-refractivity contribution in [2.24, 2.45) is 0 Å². The molecule has 2 rings (SSSR count). The Morgan fingerprint density at radius 1 is 1.13 bits per heavy atom. The van der Waals surface area contributed by atoms with Crippen molar-refractivity contribution in [1.82, 2.24) is 20.2 Å². The minimum Gasteiger partial charge on any atom is -0.481 e. The first-order valence-corrected chi connectivity index (χ1v) is 7.40. The third kappa shape index (κ3) is 6.21. The molecule has 2 aromatic rings. The van der Waals surface area contributed by atoms with E-state index in [-0.39, 0.29) is 12.5 Å². The highest BCUT2D eigenvalue weighted by Gasteiger charge is 2.02. The molecule has 0 fully saturated rings. The van der Waals surface area contributed by atoms with Gasteiger partial charge in [0, 0.05) is 38.4 Å². The van der Waals surface area contributed by atoms with Crippen LogP contribution in [0.2, 0.25) is 0 Å². The molecular weight excluding hydrogens is 296 g/mol. The first-order valence-electron chi connectivity index (χ1n) is 7.40. The Labute approximate surface area is 134 Å². The molecule has 23 heavy (non-hydrogen) atoms. The van der Waals surface area contributed by atoms with E-state index in [1.54, 1.807) is 12.5 Å². The molecule has 0 unspecified atom stereocenters. The minimum atomic E-state index is -0.858. The molecule has 2 amide bonds. The molecule has 0 saturated heterocycles. The quantitative estimate of drug-likeness (QED) is 0.644. The number of hydrogen-bond acceptors (Lipinski definition) is 3. The van der Waals surface area contributed by atoms with E-state index in [9.17, 15) is 9.59 Å². The van der Waals surface area contributed by atoms with Gasteiger partial charge in [0.1, 0.15) is 0 Å². The van der Waals surface area contributed by atoms with Gasteiger partial charge in [-0.2, -0.15) is 0 Å². The number of amides is 2. The fourth-order valence-electron chi connectivity index (χ4n) is 2.04. The van der Waals surface area contributed by atoms with Gasteiger partial charge in [-0.25, -0.2) is 9.78 Å². The van der Waals surface area contributed by atoms with Crippen molar-refractivity contribution in [2.45, 2.75) is 25.9 Å². The smallest absolute Gasteiger partial charge is 0.315 e. The molecule has 7 nitrogen and oxygen atoms in total. The van der Waals surface area contributed by atoms with Crippen molar-refractivity contribution >= 4 is 12.0 Å². The monoisotopic (exact) mass is 316 g/mol. The lowest BCUT2D eigenvalue weighted by Gasteiger charge is -2.08. The maximum absolute atomic E-state index is 11.6. The molecule has 0 atom stereocenters. The van der Waals surface area contributed by atoms with Crippen molar-refractivity contribution in [3.05, 3.63) is 54.1 Å². The van der Waals surface area contributed by atoms with Crippen LogP contribution in [0.25, 0.3) is 0 Å². The lowest BCUT2D eigenvalue weighted by atomic mass is 10.1. The number of carbonyl (C=O) groups excluding carboxylic acids is 1. The SMILES string of the molecule is O=C(O)CCCNC(=O)NCc1ccc(Cn2ccnc2)cc1. The summed E-state index contributed by atoms with van der Waals surface area (Å²) in [6.45, 7) is 1.54. The second kappa shape index (κ2) is 8.57. The van der Waals surface area contributed by atoms with Crippen LogP contribution < -0.4 is 10.6 Å². The Kier molecular flexibility index (Phi) is 6.17. The number of urea groups is 1. The van der Waals surface area contributed by atoms with E-state index in [0.717, 1.165) is 17.7 Å². The van der Waals surface area contributed by atoms with Crippen LogP contribution >= 0.6 is 0 Å². The number of aliphatic carboxylic acids is 1. The van der Waals surface area contributed by atoms with Gasteiger partial charge in [-0.3, -0.25) is 4.79 Å². The summed E-state index contributed by atoms with van der Waals surface area (Å²) >= 11 is 0. The van der Waals surface area contributed by atoms with Crippen LogP contribution in [-0.2, 0) is 17.9 Å². The molecule has 7 heteroatoms. The molecule has 1 aromatic carbocycles. The fourth-order valence-corrected chi connectivity index (χ4v) is 2.04. The zero-order valence-electron chi connectivity index (χ0n) is 12.7. The number of carbonyl (C=O) groups is 2. The van der Waals surface area contributed by atoms with Gasteiger partial charge in [0.15, 0.2) is 0 Å². The van der Waals surface area contributed by atoms with Gasteiger partial charge >= 0.3 is 12.0 Å². The summed E-state index contributed by atoms with van der Waals surface area (Å²) in [6, 6.07) is 7.68. The molecule has 0 aliphatic rings. The van der Waals surface area contributed by atoms with Crippen LogP contribution in [0.3, 0.4) is 0 Å². The van der Waals surface area contributed by atoms with Gasteiger partial charge in [0.25, 0.3) is 0 Å². The Hall–Kier alpha value is -2.83. The van der Waals surface area contributed by atoms with Gasteiger partial charge in [0.05, 0.1) is 6.33 Å². The lowest BCUT2D eigenvalue weighted by Crippen LogP contribution is -2.35. The number of nitrogens with zero attached hydrogens (tertiary/aromatic N) is 2. The predicted molar refractivity (Wildman–Crippen MR) is 84.9 cm³/mol. The van der Waals surface area contributed by atoms with E-state index >= 15 is 0 Å². The van der Waals surface area contributed by atoms with E-state index in [0.29, 0.717) is 19.5 Å². The second-order valence-corrected chi connectivity index (χ2v) is 5.16. The highest BCUT2D eigenvalue weighted by Crippen LogP contribution is 2.06. The van der Waals surface area contributed by atoms with Crippen LogP contribution in [0.4, 0.5) is 4.79 Å². The summed E-state index contributed by atoms with van der Waals surface area (Å²) in [5.41, 5.74) is 2.16. The first kappa shape index (κ1) is 16.5. The van der Waals surface area contributed by atoms with Crippen LogP contribution in [0.15, 0.2) is 43.0 Å². The zero-order valence-corrected chi connectivity index (χ0v) is 12.7. The van der Waals surface area contributed by atoms with Crippen molar-refractivity contribution in [2.75, 3.05) is 6.54 Å². The van der Waals surface area contributed by atoms with Crippen LogP contribution in [0.5, 0.6) is 0 Å². The molecular formula is C16H20N4O3. The normalized spacial score (nSPS) is 10.3. The average Bonchev–Trinajstić information content (AvgIpc) is 3.04. The van der Waals surface area contributed by atoms with Gasteiger partial charge in [0.2, 0.25) is 0 Å². The van der Waals surface area contributed by atoms with Crippen LogP contribution in [0.1, 0.15) is 24.0 Å². The van der Waals surface area contributed by atoms with E-state index in [4.69, 9.17) is 5.11 Å². The Morgan fingerprint density at radius 2 is 1.87 bits per heavy atom. The lowest BCUT2D eigenvalue weighted by molar-refractivity contribution is -0.137. The number of aromatic nitrogens is 2. The third-order valence-electron chi connectivity index (χ3n) is 3.25. The second-order valence-electron chi connectivity index (χ2n) is 5.16. The van der Waals surface area contributed by atoms with Crippen molar-refractivity contribution in [1.29, 1.82) is 0 Å². The van der Waals surface area contributed by atoms with E-state index in [2.05, 4.69) is 15.6 Å². The number of hydrogen-bond donors (Lipinski definition) is 3. The van der Waals surface area contributed by atoms with Gasteiger partial charge in [-0.15, -0.1) is 0 Å². The molecule has 1 aromatic heterocycles. The van der Waals surface area contributed by atoms with Crippen molar-refractivity contribution in [3.8, 4) is 0 Å². The summed E-state index contributed by atoms with van der Waals surface area (Å²) in [5.74, 6) is -0.858. The Balaban J connectivity index is 1.69.